The minimum absolute atomic E-state index is 0. The van der Waals surface area contributed by atoms with Crippen LogP contribution in [0.15, 0.2) is 36.4 Å². The summed E-state index contributed by atoms with van der Waals surface area (Å²) in [5.41, 5.74) is 1.46. The van der Waals surface area contributed by atoms with Crippen molar-refractivity contribution >= 4 is 74.9 Å². The van der Waals surface area contributed by atoms with Crippen LogP contribution in [0.1, 0.15) is 2.85 Å². The Kier molecular flexibility index (Phi) is 6.84. The van der Waals surface area contributed by atoms with Crippen molar-refractivity contribution in [2.24, 2.45) is 0 Å². The van der Waals surface area contributed by atoms with Gasteiger partial charge in [-0.3, -0.25) is 4.57 Å². The van der Waals surface area contributed by atoms with Gasteiger partial charge in [-0.1, -0.05) is 24.3 Å². The largest absolute Gasteiger partial charge is 2.00 e. The Labute approximate surface area is 123 Å². The normalized spacial score (nSPS) is 9.14. The van der Waals surface area contributed by atoms with Crippen molar-refractivity contribution in [1.29, 1.82) is 0 Å². The molecule has 0 aliphatic heterocycles. The van der Waals surface area contributed by atoms with E-state index in [9.17, 15) is 4.57 Å². The van der Waals surface area contributed by atoms with E-state index >= 15 is 0 Å². The van der Waals surface area contributed by atoms with Crippen LogP contribution in [0.2, 0.25) is 0 Å². The van der Waals surface area contributed by atoms with Gasteiger partial charge in [-0.15, -0.1) is 12.4 Å². The first-order chi connectivity index (χ1) is 5.90. The number of pyridine rings is 1. The first-order valence-corrected chi connectivity index (χ1v) is 4.40. The molecule has 2 aromatic rings. The fourth-order valence-electron chi connectivity index (χ4n) is 1.11. The third kappa shape index (κ3) is 3.15. The molecule has 0 radical (unpaired) electrons. The number of para-hydroxylation sites is 1. The minimum Gasteiger partial charge on any atom is -1.00 e. The molecular formula is C9H9CaClNOP. The van der Waals surface area contributed by atoms with E-state index in [4.69, 9.17) is 0 Å². The van der Waals surface area contributed by atoms with Gasteiger partial charge in [-0.05, 0) is 12.1 Å². The van der Waals surface area contributed by atoms with Gasteiger partial charge in [0, 0.05) is 5.39 Å². The maximum Gasteiger partial charge on any atom is 2.00 e. The SMILES string of the molecule is Cl.O=Pc1ccc2ccccc2n1.[Ca+2].[H-].[H-]. The van der Waals surface area contributed by atoms with Gasteiger partial charge in [0.1, 0.15) is 5.44 Å². The molecule has 0 aliphatic carbocycles. The summed E-state index contributed by atoms with van der Waals surface area (Å²) in [6.45, 7) is 0. The molecule has 1 aromatic heterocycles. The van der Waals surface area contributed by atoms with E-state index in [0.717, 1.165) is 10.9 Å². The summed E-state index contributed by atoms with van der Waals surface area (Å²) in [6, 6.07) is 11.4. The van der Waals surface area contributed by atoms with E-state index in [1.807, 2.05) is 30.3 Å². The zero-order valence-electron chi connectivity index (χ0n) is 9.38. The van der Waals surface area contributed by atoms with Crippen molar-refractivity contribution in [1.82, 2.24) is 4.98 Å². The molecule has 0 bridgehead atoms. The van der Waals surface area contributed by atoms with Crippen LogP contribution in [0.3, 0.4) is 0 Å². The van der Waals surface area contributed by atoms with E-state index in [2.05, 4.69) is 4.98 Å². The zero-order chi connectivity index (χ0) is 8.39. The molecular weight excluding hydrogens is 245 g/mol. The van der Waals surface area contributed by atoms with Crippen LogP contribution < -0.4 is 5.44 Å². The summed E-state index contributed by atoms with van der Waals surface area (Å²) in [6.07, 6.45) is 0. The second kappa shape index (κ2) is 6.71. The van der Waals surface area contributed by atoms with Crippen molar-refractivity contribution in [2.45, 2.75) is 0 Å². The van der Waals surface area contributed by atoms with E-state index < -0.39 is 0 Å². The Morgan fingerprint density at radius 1 is 1.14 bits per heavy atom. The Bertz CT molecular complexity index is 447. The third-order valence-corrected chi connectivity index (χ3v) is 2.11. The van der Waals surface area contributed by atoms with Crippen LogP contribution >= 0.6 is 20.9 Å². The maximum atomic E-state index is 10.5. The number of rotatable bonds is 1. The monoisotopic (exact) mass is 253 g/mol. The molecule has 0 spiro atoms. The van der Waals surface area contributed by atoms with Crippen LogP contribution in [0.5, 0.6) is 0 Å². The van der Waals surface area contributed by atoms with Gasteiger partial charge < -0.3 is 2.85 Å². The number of halogens is 1. The first-order valence-electron chi connectivity index (χ1n) is 3.59. The van der Waals surface area contributed by atoms with Crippen molar-refractivity contribution in [3.8, 4) is 0 Å². The molecule has 0 amide bonds. The molecule has 0 N–H and O–H groups in total. The van der Waals surface area contributed by atoms with Crippen LogP contribution in [-0.2, 0) is 4.57 Å². The minimum atomic E-state index is -0.0226. The second-order valence-corrected chi connectivity index (χ2v) is 3.09. The molecule has 0 saturated carbocycles. The summed E-state index contributed by atoms with van der Waals surface area (Å²) in [5, 5.41) is 1.07. The Balaban J connectivity index is -0.000000422. The third-order valence-electron chi connectivity index (χ3n) is 1.68. The fourth-order valence-corrected chi connectivity index (χ4v) is 1.39. The molecule has 2 nitrogen and oxygen atoms in total. The number of aromatic nitrogens is 1. The number of hydrogen-bond acceptors (Lipinski definition) is 2. The van der Waals surface area contributed by atoms with Gasteiger partial charge in [0.15, 0.2) is 0 Å². The van der Waals surface area contributed by atoms with Crippen LogP contribution in [-0.4, -0.2) is 42.7 Å². The molecule has 5 heteroatoms. The molecule has 0 fully saturated rings. The smallest absolute Gasteiger partial charge is 1.00 e. The van der Waals surface area contributed by atoms with Crippen molar-refractivity contribution in [3.05, 3.63) is 36.4 Å². The summed E-state index contributed by atoms with van der Waals surface area (Å²) in [5.74, 6) is 0. The first kappa shape index (κ1) is 14.3. The molecule has 1 aromatic carbocycles. The van der Waals surface area contributed by atoms with E-state index in [1.54, 1.807) is 6.07 Å². The van der Waals surface area contributed by atoms with Crippen molar-refractivity contribution in [3.63, 3.8) is 0 Å². The molecule has 0 unspecified atom stereocenters. The maximum absolute atomic E-state index is 10.5. The molecule has 0 atom stereocenters. The van der Waals surface area contributed by atoms with Gasteiger partial charge in [-0.25, -0.2) is 4.98 Å². The standard InChI is InChI=1S/C9H6NOP.Ca.ClH.2H/c11-12-9-6-5-7-3-1-2-4-8(7)10-9;;;;/h1-6H;;1H;;/q;+2;;2*-1. The van der Waals surface area contributed by atoms with Gasteiger partial charge in [0.2, 0.25) is 8.46 Å². The van der Waals surface area contributed by atoms with Crippen molar-refractivity contribution in [2.75, 3.05) is 0 Å². The van der Waals surface area contributed by atoms with Crippen LogP contribution in [0.25, 0.3) is 10.9 Å². The number of hydrogen-bond donors (Lipinski definition) is 0. The topological polar surface area (TPSA) is 30.0 Å². The molecule has 14 heavy (non-hydrogen) atoms. The summed E-state index contributed by atoms with van der Waals surface area (Å²) in [7, 11) is -0.0226. The van der Waals surface area contributed by atoms with E-state index in [-0.39, 0.29) is 61.5 Å². The second-order valence-electron chi connectivity index (χ2n) is 2.45. The number of nitrogens with zero attached hydrogens (tertiary/aromatic N) is 1. The molecule has 0 aliphatic rings. The van der Waals surface area contributed by atoms with Crippen LogP contribution in [0.4, 0.5) is 0 Å². The summed E-state index contributed by atoms with van der Waals surface area (Å²) >= 11 is 0. The van der Waals surface area contributed by atoms with Gasteiger partial charge in [0.25, 0.3) is 0 Å². The Morgan fingerprint density at radius 3 is 2.57 bits per heavy atom. The number of benzene rings is 1. The molecule has 0 saturated heterocycles. The molecule has 1 heterocycles. The molecule has 70 valence electrons. The van der Waals surface area contributed by atoms with Gasteiger partial charge in [-0.2, -0.15) is 0 Å². The quantitative estimate of drug-likeness (QED) is 0.577. The summed E-state index contributed by atoms with van der Waals surface area (Å²) < 4.78 is 10.5. The zero-order valence-corrected chi connectivity index (χ0v) is 11.3. The van der Waals surface area contributed by atoms with E-state index in [1.165, 1.54) is 0 Å². The van der Waals surface area contributed by atoms with Crippen LogP contribution in [0, 0.1) is 0 Å². The Morgan fingerprint density at radius 2 is 1.86 bits per heavy atom. The van der Waals surface area contributed by atoms with Crippen molar-refractivity contribution < 1.29 is 7.42 Å². The average Bonchev–Trinajstić information content (AvgIpc) is 2.17. The van der Waals surface area contributed by atoms with Gasteiger partial charge >= 0.3 is 37.7 Å². The predicted octanol–water partition coefficient (Wildman–Crippen LogP) is 2.42. The Hall–Kier alpha value is 0.280. The predicted molar refractivity (Wildman–Crippen MR) is 64.2 cm³/mol. The average molecular weight is 254 g/mol. The molecule has 2 rings (SSSR count). The fraction of sp³-hybridized carbons (Fsp3) is 0. The van der Waals surface area contributed by atoms with Gasteiger partial charge in [0.05, 0.1) is 5.52 Å². The number of fused-ring (bicyclic) bond motifs is 1. The van der Waals surface area contributed by atoms with E-state index in [0.29, 0.717) is 5.44 Å². The summed E-state index contributed by atoms with van der Waals surface area (Å²) in [4.78, 5) is 4.17.